The fourth-order valence-corrected chi connectivity index (χ4v) is 2.33. The van der Waals surface area contributed by atoms with Gasteiger partial charge >= 0.3 is 0 Å². The van der Waals surface area contributed by atoms with Crippen molar-refractivity contribution in [1.29, 1.82) is 0 Å². The van der Waals surface area contributed by atoms with Crippen LogP contribution < -0.4 is 21.3 Å². The lowest BCUT2D eigenvalue weighted by atomic mass is 10.0. The van der Waals surface area contributed by atoms with E-state index in [9.17, 15) is 0 Å². The first-order valence-corrected chi connectivity index (χ1v) is 5.82. The van der Waals surface area contributed by atoms with Gasteiger partial charge in [0.05, 0.1) is 7.11 Å². The topological polar surface area (TPSA) is 85.1 Å². The Morgan fingerprint density at radius 2 is 1.94 bits per heavy atom. The van der Waals surface area contributed by atoms with Crippen molar-refractivity contribution in [2.75, 3.05) is 17.9 Å². The molecule has 0 radical (unpaired) electrons. The maximum Gasteiger partial charge on any atom is 0.205 e. The molecule has 6 heteroatoms. The van der Waals surface area contributed by atoms with E-state index in [-0.39, 0.29) is 5.54 Å². The maximum absolute atomic E-state index is 5.39. The molecule has 1 aliphatic carbocycles. The first-order chi connectivity index (χ1) is 8.18. The van der Waals surface area contributed by atoms with Crippen molar-refractivity contribution in [1.82, 2.24) is 9.97 Å². The number of nitrogen functional groups attached to an aromatic ring is 1. The number of ether oxygens (including phenoxy) is 1. The van der Waals surface area contributed by atoms with Gasteiger partial charge < -0.3 is 15.5 Å². The highest BCUT2D eigenvalue weighted by molar-refractivity contribution is 5.63. The van der Waals surface area contributed by atoms with E-state index in [0.717, 1.165) is 12.8 Å². The SMILES string of the molecule is COc1c(NN)ncnc1NC1(C)CCCC1. The van der Waals surface area contributed by atoms with Crippen LogP contribution in [0.2, 0.25) is 0 Å². The second kappa shape index (κ2) is 4.75. The lowest BCUT2D eigenvalue weighted by Crippen LogP contribution is -2.31. The van der Waals surface area contributed by atoms with Gasteiger partial charge in [0.2, 0.25) is 5.75 Å². The van der Waals surface area contributed by atoms with E-state index >= 15 is 0 Å². The molecule has 6 nitrogen and oxygen atoms in total. The van der Waals surface area contributed by atoms with Crippen molar-refractivity contribution in [3.63, 3.8) is 0 Å². The third-order valence-corrected chi connectivity index (χ3v) is 3.27. The molecule has 0 bridgehead atoms. The van der Waals surface area contributed by atoms with Crippen LogP contribution in [0.5, 0.6) is 5.75 Å². The normalized spacial score (nSPS) is 17.8. The molecule has 1 saturated carbocycles. The van der Waals surface area contributed by atoms with Crippen LogP contribution in [-0.2, 0) is 0 Å². The van der Waals surface area contributed by atoms with Crippen molar-refractivity contribution < 1.29 is 4.74 Å². The Morgan fingerprint density at radius 3 is 2.53 bits per heavy atom. The molecule has 0 amide bonds. The van der Waals surface area contributed by atoms with Crippen LogP contribution in [0.3, 0.4) is 0 Å². The van der Waals surface area contributed by atoms with Crippen LogP contribution in [0.4, 0.5) is 11.6 Å². The van der Waals surface area contributed by atoms with E-state index < -0.39 is 0 Å². The van der Waals surface area contributed by atoms with Crippen molar-refractivity contribution in [2.24, 2.45) is 5.84 Å². The minimum atomic E-state index is 0.0908. The molecule has 0 spiro atoms. The highest BCUT2D eigenvalue weighted by Gasteiger charge is 2.30. The summed E-state index contributed by atoms with van der Waals surface area (Å²) in [5.74, 6) is 7.13. The van der Waals surface area contributed by atoms with E-state index in [0.29, 0.717) is 17.4 Å². The molecule has 0 unspecified atom stereocenters. The largest absolute Gasteiger partial charge is 0.490 e. The molecule has 0 saturated heterocycles. The predicted molar refractivity (Wildman–Crippen MR) is 66.9 cm³/mol. The van der Waals surface area contributed by atoms with Crippen molar-refractivity contribution in [3.8, 4) is 5.75 Å². The van der Waals surface area contributed by atoms with Gasteiger partial charge in [0.15, 0.2) is 11.6 Å². The molecule has 0 aliphatic heterocycles. The zero-order chi connectivity index (χ0) is 12.3. The van der Waals surface area contributed by atoms with Crippen molar-refractivity contribution in [2.45, 2.75) is 38.1 Å². The Bertz CT molecular complexity index is 389. The van der Waals surface area contributed by atoms with Gasteiger partial charge in [0.1, 0.15) is 6.33 Å². The average Bonchev–Trinajstić information content (AvgIpc) is 2.75. The molecule has 1 heterocycles. The fraction of sp³-hybridized carbons (Fsp3) is 0.636. The lowest BCUT2D eigenvalue weighted by Gasteiger charge is -2.27. The zero-order valence-corrected chi connectivity index (χ0v) is 10.3. The van der Waals surface area contributed by atoms with Crippen LogP contribution in [0.25, 0.3) is 0 Å². The van der Waals surface area contributed by atoms with Gasteiger partial charge in [-0.1, -0.05) is 12.8 Å². The number of methoxy groups -OCH3 is 1. The number of nitrogens with zero attached hydrogens (tertiary/aromatic N) is 2. The van der Waals surface area contributed by atoms with Gasteiger partial charge in [0, 0.05) is 5.54 Å². The summed E-state index contributed by atoms with van der Waals surface area (Å²) in [5, 5.41) is 3.44. The number of nitrogens with two attached hydrogens (primary N) is 1. The Kier molecular flexibility index (Phi) is 3.33. The molecule has 0 aromatic carbocycles. The summed E-state index contributed by atoms with van der Waals surface area (Å²) in [6.07, 6.45) is 6.26. The van der Waals surface area contributed by atoms with Gasteiger partial charge in [-0.2, -0.15) is 0 Å². The van der Waals surface area contributed by atoms with Gasteiger partial charge in [-0.3, -0.25) is 0 Å². The van der Waals surface area contributed by atoms with Crippen LogP contribution in [-0.4, -0.2) is 22.6 Å². The molecule has 0 atom stereocenters. The van der Waals surface area contributed by atoms with Crippen molar-refractivity contribution >= 4 is 11.6 Å². The molecule has 1 aliphatic rings. The summed E-state index contributed by atoms with van der Waals surface area (Å²) in [6.45, 7) is 2.21. The molecule has 4 N–H and O–H groups in total. The number of hydrogen-bond donors (Lipinski definition) is 3. The molecule has 17 heavy (non-hydrogen) atoms. The molecule has 1 fully saturated rings. The Morgan fingerprint density at radius 1 is 1.29 bits per heavy atom. The summed E-state index contributed by atoms with van der Waals surface area (Å²) in [7, 11) is 1.59. The molecular weight excluding hydrogens is 218 g/mol. The van der Waals surface area contributed by atoms with Gasteiger partial charge in [-0.25, -0.2) is 15.8 Å². The zero-order valence-electron chi connectivity index (χ0n) is 10.3. The van der Waals surface area contributed by atoms with E-state index in [1.165, 1.54) is 19.2 Å². The summed E-state index contributed by atoms with van der Waals surface area (Å²) in [6, 6.07) is 0. The van der Waals surface area contributed by atoms with E-state index in [1.807, 2.05) is 0 Å². The first-order valence-electron chi connectivity index (χ1n) is 5.82. The van der Waals surface area contributed by atoms with Gasteiger partial charge in [-0.05, 0) is 19.8 Å². The third-order valence-electron chi connectivity index (χ3n) is 3.27. The highest BCUT2D eigenvalue weighted by atomic mass is 16.5. The van der Waals surface area contributed by atoms with Gasteiger partial charge in [-0.15, -0.1) is 0 Å². The molecule has 1 aromatic heterocycles. The van der Waals surface area contributed by atoms with Crippen LogP contribution in [0.1, 0.15) is 32.6 Å². The van der Waals surface area contributed by atoms with Crippen LogP contribution in [0, 0.1) is 0 Å². The van der Waals surface area contributed by atoms with E-state index in [2.05, 4.69) is 27.6 Å². The standard InChI is InChI=1S/C11H19N5O/c1-11(5-3-4-6-11)15-9-8(17-2)10(16-12)14-7-13-9/h7H,3-6,12H2,1-2H3,(H2,13,14,15,16). The van der Waals surface area contributed by atoms with E-state index in [4.69, 9.17) is 10.6 Å². The lowest BCUT2D eigenvalue weighted by molar-refractivity contribution is 0.411. The Hall–Kier alpha value is -1.56. The quantitative estimate of drug-likeness (QED) is 0.544. The predicted octanol–water partition coefficient (Wildman–Crippen LogP) is 1.52. The average molecular weight is 237 g/mol. The second-order valence-corrected chi connectivity index (χ2v) is 4.64. The summed E-state index contributed by atoms with van der Waals surface area (Å²) in [4.78, 5) is 8.24. The maximum atomic E-state index is 5.39. The minimum absolute atomic E-state index is 0.0908. The number of aromatic nitrogens is 2. The fourth-order valence-electron chi connectivity index (χ4n) is 2.33. The van der Waals surface area contributed by atoms with Crippen LogP contribution >= 0.6 is 0 Å². The van der Waals surface area contributed by atoms with Crippen LogP contribution in [0.15, 0.2) is 6.33 Å². The molecule has 2 rings (SSSR count). The number of hydrogen-bond acceptors (Lipinski definition) is 6. The molecule has 94 valence electrons. The third kappa shape index (κ3) is 2.41. The molecule has 1 aromatic rings. The van der Waals surface area contributed by atoms with E-state index in [1.54, 1.807) is 7.11 Å². The Labute approximate surface area is 101 Å². The minimum Gasteiger partial charge on any atom is -0.490 e. The highest BCUT2D eigenvalue weighted by Crippen LogP contribution is 2.36. The monoisotopic (exact) mass is 237 g/mol. The number of nitrogens with one attached hydrogen (secondary N) is 2. The first kappa shape index (κ1) is 11.9. The van der Waals surface area contributed by atoms with Gasteiger partial charge in [0.25, 0.3) is 0 Å². The van der Waals surface area contributed by atoms with Crippen molar-refractivity contribution in [3.05, 3.63) is 6.33 Å². The summed E-state index contributed by atoms with van der Waals surface area (Å²) in [5.41, 5.74) is 2.60. The second-order valence-electron chi connectivity index (χ2n) is 4.64. The number of rotatable bonds is 4. The number of anilines is 2. The summed E-state index contributed by atoms with van der Waals surface area (Å²) >= 11 is 0. The Balaban J connectivity index is 2.25. The molecular formula is C11H19N5O. The number of hydrazine groups is 1. The smallest absolute Gasteiger partial charge is 0.205 e. The summed E-state index contributed by atoms with van der Waals surface area (Å²) < 4.78 is 5.29.